The average molecular weight is 770 g/mol. The Hall–Kier alpha value is -0.790. The molecule has 55 heavy (non-hydrogen) atoms. The monoisotopic (exact) mass is 770 g/mol. The van der Waals surface area contributed by atoms with E-state index >= 15 is 0 Å². The summed E-state index contributed by atoms with van der Waals surface area (Å²) in [6, 6.07) is 0.615. The lowest BCUT2D eigenvalue weighted by Crippen LogP contribution is -2.41. The zero-order valence-corrected chi connectivity index (χ0v) is 38.9. The van der Waals surface area contributed by atoms with Crippen LogP contribution < -0.4 is 4.57 Å². The number of aromatic amines is 1. The van der Waals surface area contributed by atoms with Gasteiger partial charge in [0.2, 0.25) is 0 Å². The molecular formula is C53H105N2+. The first-order valence-electron chi connectivity index (χ1n) is 26.3. The van der Waals surface area contributed by atoms with Crippen LogP contribution in [0.4, 0.5) is 0 Å². The molecule has 1 rings (SSSR count). The van der Waals surface area contributed by atoms with E-state index in [-0.39, 0.29) is 0 Å². The second-order valence-corrected chi connectivity index (χ2v) is 18.6. The molecule has 0 aromatic carbocycles. The number of H-pyrrole nitrogens is 1. The van der Waals surface area contributed by atoms with Crippen LogP contribution >= 0.6 is 0 Å². The molecule has 1 aromatic rings. The summed E-state index contributed by atoms with van der Waals surface area (Å²) in [7, 11) is 0. The van der Waals surface area contributed by atoms with Crippen molar-refractivity contribution in [2.45, 2.75) is 322 Å². The molecule has 1 N–H and O–H groups in total. The Bertz CT molecular complexity index is 843. The Balaban J connectivity index is 2.34. The summed E-state index contributed by atoms with van der Waals surface area (Å²) < 4.78 is 2.66. The zero-order valence-electron chi connectivity index (χ0n) is 38.9. The van der Waals surface area contributed by atoms with Crippen molar-refractivity contribution in [1.82, 2.24) is 4.98 Å². The average Bonchev–Trinajstić information content (AvgIpc) is 3.69. The number of nitrogens with one attached hydrogen (secondary N) is 1. The van der Waals surface area contributed by atoms with Crippen LogP contribution in [0.25, 0.3) is 0 Å². The molecule has 2 nitrogen and oxygen atoms in total. The molecule has 0 radical (unpaired) electrons. The summed E-state index contributed by atoms with van der Waals surface area (Å²) in [6.45, 7) is 9.44. The van der Waals surface area contributed by atoms with Crippen molar-refractivity contribution in [1.29, 1.82) is 0 Å². The van der Waals surface area contributed by atoms with E-state index in [2.05, 4.69) is 49.6 Å². The van der Waals surface area contributed by atoms with E-state index in [1.165, 1.54) is 283 Å². The minimum absolute atomic E-state index is 0.615. The molecule has 0 spiro atoms. The van der Waals surface area contributed by atoms with E-state index in [1.807, 2.05) is 0 Å². The predicted octanol–water partition coefficient (Wildman–Crippen LogP) is 19.2. The number of unbranched alkanes of at least 4 members (excludes halogenated alkanes) is 38. The van der Waals surface area contributed by atoms with Crippen LogP contribution in [0.2, 0.25) is 0 Å². The van der Waals surface area contributed by atoms with E-state index in [0.717, 1.165) is 0 Å². The number of rotatable bonds is 46. The van der Waals surface area contributed by atoms with E-state index in [9.17, 15) is 0 Å². The maximum atomic E-state index is 3.80. The molecule has 2 heteroatoms. The topological polar surface area (TPSA) is 19.7 Å². The third-order valence-corrected chi connectivity index (χ3v) is 13.1. The lowest BCUT2D eigenvalue weighted by Gasteiger charge is -2.17. The summed E-state index contributed by atoms with van der Waals surface area (Å²) in [5, 5.41) is 0. The van der Waals surface area contributed by atoms with Crippen LogP contribution in [-0.4, -0.2) is 4.98 Å². The van der Waals surface area contributed by atoms with Crippen LogP contribution in [0.1, 0.15) is 328 Å². The van der Waals surface area contributed by atoms with Gasteiger partial charge in [-0.1, -0.05) is 278 Å². The van der Waals surface area contributed by atoms with Crippen molar-refractivity contribution in [3.05, 3.63) is 18.2 Å². The smallest absolute Gasteiger partial charge is 0.247 e. The molecule has 2 atom stereocenters. The van der Waals surface area contributed by atoms with E-state index in [4.69, 9.17) is 0 Å². The fourth-order valence-corrected chi connectivity index (χ4v) is 9.26. The van der Waals surface area contributed by atoms with Gasteiger partial charge in [0.05, 0.1) is 12.0 Å². The molecule has 0 fully saturated rings. The highest BCUT2D eigenvalue weighted by atomic mass is 15.1. The minimum Gasteiger partial charge on any atom is -0.247 e. The van der Waals surface area contributed by atoms with Gasteiger partial charge in [0.25, 0.3) is 5.82 Å². The molecule has 0 bridgehead atoms. The van der Waals surface area contributed by atoms with Crippen molar-refractivity contribution >= 4 is 0 Å². The first-order chi connectivity index (χ1) is 27.2. The number of hydrogen-bond acceptors (Lipinski definition) is 0. The first-order valence-corrected chi connectivity index (χ1v) is 26.3. The number of aromatic nitrogens is 2. The van der Waals surface area contributed by atoms with Crippen LogP contribution in [-0.2, 0) is 0 Å². The minimum atomic E-state index is 0.615. The SMILES string of the molecule is CCCCCCCCCCCCCCCCCCCC(CCCCCCCCCCCCCCCC)c1[nH]cc[n+]1C(C)CCCCCCCCCCCC. The van der Waals surface area contributed by atoms with Crippen molar-refractivity contribution in [2.75, 3.05) is 0 Å². The standard InChI is InChI=1S/C53H104N2/c1-5-8-11-14-17-20-23-25-27-28-29-31-33-36-39-42-45-48-52(47-44-41-38-35-32-30-26-24-21-18-15-12-9-6-2)53-54-49-50-55(53)51(4)46-43-40-37-34-22-19-16-13-10-7-3/h49-52H,5-48H2,1-4H3/p+1. The number of nitrogens with zero attached hydrogens (tertiary/aromatic N) is 1. The highest BCUT2D eigenvalue weighted by Crippen LogP contribution is 2.28. The molecule has 0 aliphatic rings. The van der Waals surface area contributed by atoms with Gasteiger partial charge in [0.15, 0.2) is 0 Å². The molecular weight excluding hydrogens is 665 g/mol. The Morgan fingerprint density at radius 2 is 0.582 bits per heavy atom. The molecule has 0 aliphatic heterocycles. The van der Waals surface area contributed by atoms with Crippen LogP contribution in [0.5, 0.6) is 0 Å². The van der Waals surface area contributed by atoms with Gasteiger partial charge in [-0.15, -0.1) is 0 Å². The van der Waals surface area contributed by atoms with Gasteiger partial charge in [0.1, 0.15) is 12.4 Å². The van der Waals surface area contributed by atoms with Crippen LogP contribution in [0, 0.1) is 0 Å². The quantitative estimate of drug-likeness (QED) is 0.0503. The fraction of sp³-hybridized carbons (Fsp3) is 0.943. The lowest BCUT2D eigenvalue weighted by molar-refractivity contribution is -0.727. The molecule has 2 unspecified atom stereocenters. The summed E-state index contributed by atoms with van der Waals surface area (Å²) in [6.07, 6.45) is 68.1. The highest BCUT2D eigenvalue weighted by molar-refractivity contribution is 4.90. The van der Waals surface area contributed by atoms with Crippen LogP contribution in [0.15, 0.2) is 12.4 Å². The Morgan fingerprint density at radius 1 is 0.345 bits per heavy atom. The highest BCUT2D eigenvalue weighted by Gasteiger charge is 2.25. The maximum absolute atomic E-state index is 3.80. The molecule has 0 saturated heterocycles. The van der Waals surface area contributed by atoms with Gasteiger partial charge in [-0.25, -0.2) is 9.55 Å². The van der Waals surface area contributed by atoms with Crippen molar-refractivity contribution in [2.24, 2.45) is 0 Å². The summed E-state index contributed by atoms with van der Waals surface area (Å²) in [4.78, 5) is 3.80. The zero-order chi connectivity index (χ0) is 39.5. The molecule has 0 aliphatic carbocycles. The van der Waals surface area contributed by atoms with E-state index < -0.39 is 0 Å². The fourth-order valence-electron chi connectivity index (χ4n) is 9.26. The Labute approximate surface area is 348 Å². The van der Waals surface area contributed by atoms with Gasteiger partial charge >= 0.3 is 0 Å². The summed E-state index contributed by atoms with van der Waals surface area (Å²) in [5.41, 5.74) is 0. The van der Waals surface area contributed by atoms with Crippen molar-refractivity contribution < 1.29 is 4.57 Å². The summed E-state index contributed by atoms with van der Waals surface area (Å²) >= 11 is 0. The second-order valence-electron chi connectivity index (χ2n) is 18.6. The molecule has 326 valence electrons. The van der Waals surface area contributed by atoms with E-state index in [1.54, 1.807) is 5.82 Å². The van der Waals surface area contributed by atoms with Gasteiger partial charge in [-0.05, 0) is 32.6 Å². The third kappa shape index (κ3) is 33.8. The summed E-state index contributed by atoms with van der Waals surface area (Å²) in [5.74, 6) is 2.25. The molecule has 0 amide bonds. The predicted molar refractivity (Wildman–Crippen MR) is 249 cm³/mol. The number of imidazole rings is 1. The maximum Gasteiger partial charge on any atom is 0.257 e. The largest absolute Gasteiger partial charge is 0.257 e. The van der Waals surface area contributed by atoms with Crippen molar-refractivity contribution in [3.63, 3.8) is 0 Å². The first kappa shape index (κ1) is 52.2. The van der Waals surface area contributed by atoms with Gasteiger partial charge < -0.3 is 0 Å². The van der Waals surface area contributed by atoms with Crippen LogP contribution in [0.3, 0.4) is 0 Å². The number of hydrogen-bond donors (Lipinski definition) is 1. The van der Waals surface area contributed by atoms with Crippen molar-refractivity contribution in [3.8, 4) is 0 Å². The lowest BCUT2D eigenvalue weighted by atomic mass is 9.92. The molecule has 1 heterocycles. The Morgan fingerprint density at radius 3 is 0.855 bits per heavy atom. The second kappa shape index (κ2) is 42.8. The van der Waals surface area contributed by atoms with E-state index in [0.29, 0.717) is 12.0 Å². The van der Waals surface area contributed by atoms with Gasteiger partial charge in [-0.2, -0.15) is 0 Å². The molecule has 1 aromatic heterocycles. The Kier molecular flexibility index (Phi) is 40.6. The molecule has 0 saturated carbocycles. The van der Waals surface area contributed by atoms with Gasteiger partial charge in [-0.3, -0.25) is 0 Å². The third-order valence-electron chi connectivity index (χ3n) is 13.1. The van der Waals surface area contributed by atoms with Gasteiger partial charge in [0, 0.05) is 0 Å². The normalized spacial score (nSPS) is 12.9.